The Bertz CT molecular complexity index is 1350. The molecule has 29 heavy (non-hydrogen) atoms. The molecule has 0 bridgehead atoms. The Kier molecular flexibility index (Phi) is 5.96. The van der Waals surface area contributed by atoms with E-state index < -0.39 is 16.0 Å². The summed E-state index contributed by atoms with van der Waals surface area (Å²) >= 11 is 6.79. The van der Waals surface area contributed by atoms with Crippen LogP contribution in [-0.2, 0) is 14.8 Å². The van der Waals surface area contributed by atoms with Crippen LogP contribution in [0.1, 0.15) is 13.3 Å². The number of nitrogens with one attached hydrogen (secondary N) is 3. The van der Waals surface area contributed by atoms with Crippen molar-refractivity contribution >= 4 is 66.4 Å². The molecule has 0 atom stereocenters. The molecule has 152 valence electrons. The molecule has 0 aliphatic heterocycles. The van der Waals surface area contributed by atoms with Crippen molar-refractivity contribution < 1.29 is 18.3 Å². The van der Waals surface area contributed by atoms with Crippen LogP contribution in [0.3, 0.4) is 0 Å². The molecular formula is C18H16ClN3O5S2. The lowest BCUT2D eigenvalue weighted by Crippen LogP contribution is -2.11. The summed E-state index contributed by atoms with van der Waals surface area (Å²) in [5, 5.41) is 9.20. The van der Waals surface area contributed by atoms with E-state index in [1.54, 1.807) is 37.4 Å². The van der Waals surface area contributed by atoms with Crippen molar-refractivity contribution in [3.05, 3.63) is 57.3 Å². The number of carbonyl (C=O) groups is 1. The van der Waals surface area contributed by atoms with E-state index in [0.717, 1.165) is 22.1 Å². The highest BCUT2D eigenvalue weighted by atomic mass is 35.5. The van der Waals surface area contributed by atoms with Gasteiger partial charge in [-0.05, 0) is 36.4 Å². The summed E-state index contributed by atoms with van der Waals surface area (Å²) in [5.74, 6) is -0.745. The fourth-order valence-corrected chi connectivity index (χ4v) is 5.09. The number of aliphatic carboxylic acids is 1. The summed E-state index contributed by atoms with van der Waals surface area (Å²) in [6.45, 7) is 1.60. The summed E-state index contributed by atoms with van der Waals surface area (Å²) in [7, 11) is -3.70. The van der Waals surface area contributed by atoms with Gasteiger partial charge in [0.25, 0.3) is 15.6 Å². The van der Waals surface area contributed by atoms with E-state index in [9.17, 15) is 18.0 Å². The van der Waals surface area contributed by atoms with Gasteiger partial charge in [0, 0.05) is 34.6 Å². The van der Waals surface area contributed by atoms with Gasteiger partial charge in [-0.1, -0.05) is 18.5 Å². The number of thiophene rings is 1. The van der Waals surface area contributed by atoms with Crippen LogP contribution in [0.4, 0.5) is 5.69 Å². The van der Waals surface area contributed by atoms with Gasteiger partial charge in [-0.2, -0.15) is 0 Å². The number of benzene rings is 1. The van der Waals surface area contributed by atoms with E-state index in [4.69, 9.17) is 16.7 Å². The molecule has 4 aromatic rings. The molecule has 3 heterocycles. The third-order valence-electron chi connectivity index (χ3n) is 3.90. The molecule has 8 nitrogen and oxygen atoms in total. The Morgan fingerprint density at radius 1 is 1.21 bits per heavy atom. The standard InChI is InChI=1S/C15H10ClN3O3S2.C3H6O2/c16-12-3-4-13(23-12)24(21,22)19-8-1-2-11-10(7-8)9-5-6-17-14(9)15(20)18-11;1-2-3(4)5/h1-7,17,19H,(H,18,20);2H2,1H3,(H,4,5). The van der Waals surface area contributed by atoms with E-state index in [1.807, 2.05) is 0 Å². The SMILES string of the molecule is CCC(=O)O.O=c1[nH]c2ccc(NS(=O)(=O)c3ccc(Cl)s3)cc2c2cc[nH]c12. The third-order valence-corrected chi connectivity index (χ3v) is 7.00. The van der Waals surface area contributed by atoms with Gasteiger partial charge >= 0.3 is 5.97 Å². The van der Waals surface area contributed by atoms with Crippen molar-refractivity contribution in [1.29, 1.82) is 0 Å². The molecule has 3 aromatic heterocycles. The van der Waals surface area contributed by atoms with Crippen molar-refractivity contribution in [1.82, 2.24) is 9.97 Å². The average Bonchev–Trinajstić information content (AvgIpc) is 3.32. The van der Waals surface area contributed by atoms with Crippen LogP contribution in [0.25, 0.3) is 21.8 Å². The molecule has 4 rings (SSSR count). The van der Waals surface area contributed by atoms with E-state index in [2.05, 4.69) is 14.7 Å². The van der Waals surface area contributed by atoms with Gasteiger partial charge < -0.3 is 15.1 Å². The maximum Gasteiger partial charge on any atom is 0.303 e. The summed E-state index contributed by atoms with van der Waals surface area (Å²) in [6.07, 6.45) is 1.89. The van der Waals surface area contributed by atoms with Gasteiger partial charge in [0.15, 0.2) is 0 Å². The zero-order valence-corrected chi connectivity index (χ0v) is 17.4. The summed E-state index contributed by atoms with van der Waals surface area (Å²) in [5.41, 5.74) is 1.27. The van der Waals surface area contributed by atoms with E-state index in [0.29, 0.717) is 21.1 Å². The number of anilines is 1. The number of halogens is 1. The minimum atomic E-state index is -3.70. The maximum absolute atomic E-state index is 12.4. The van der Waals surface area contributed by atoms with Crippen LogP contribution in [0.15, 0.2) is 51.6 Å². The highest BCUT2D eigenvalue weighted by Crippen LogP contribution is 2.29. The molecule has 4 N–H and O–H groups in total. The number of sulfonamides is 1. The second-order valence-corrected chi connectivity index (χ2v) is 9.52. The largest absolute Gasteiger partial charge is 0.481 e. The van der Waals surface area contributed by atoms with Crippen LogP contribution < -0.4 is 10.3 Å². The first-order chi connectivity index (χ1) is 13.7. The predicted octanol–water partition coefficient (Wildman–Crippen LogP) is 4.01. The lowest BCUT2D eigenvalue weighted by atomic mass is 10.1. The Balaban J connectivity index is 0.000000431. The van der Waals surface area contributed by atoms with E-state index >= 15 is 0 Å². The number of carboxylic acids is 1. The number of pyridine rings is 1. The van der Waals surface area contributed by atoms with Crippen LogP contribution in [-0.4, -0.2) is 29.5 Å². The van der Waals surface area contributed by atoms with Crippen LogP contribution in [0.5, 0.6) is 0 Å². The van der Waals surface area contributed by atoms with Crippen molar-refractivity contribution in [3.8, 4) is 0 Å². The molecule has 0 spiro atoms. The number of aromatic amines is 2. The van der Waals surface area contributed by atoms with Gasteiger partial charge in [0.1, 0.15) is 9.73 Å². The highest BCUT2D eigenvalue weighted by molar-refractivity contribution is 7.94. The number of fused-ring (bicyclic) bond motifs is 3. The second-order valence-electron chi connectivity index (χ2n) is 5.89. The summed E-state index contributed by atoms with van der Waals surface area (Å²) in [4.78, 5) is 27.0. The number of H-pyrrole nitrogens is 2. The normalized spacial score (nSPS) is 11.2. The molecule has 0 aliphatic carbocycles. The van der Waals surface area contributed by atoms with E-state index in [1.165, 1.54) is 12.1 Å². The van der Waals surface area contributed by atoms with Gasteiger partial charge in [-0.25, -0.2) is 8.42 Å². The lowest BCUT2D eigenvalue weighted by molar-refractivity contribution is -0.136. The number of aromatic nitrogens is 2. The molecule has 0 amide bonds. The van der Waals surface area contributed by atoms with Gasteiger partial charge in [0.05, 0.1) is 4.34 Å². The number of hydrogen-bond donors (Lipinski definition) is 4. The first-order valence-corrected chi connectivity index (χ1v) is 11.0. The molecule has 11 heteroatoms. The molecule has 1 aromatic carbocycles. The smallest absolute Gasteiger partial charge is 0.303 e. The Morgan fingerprint density at radius 2 is 1.93 bits per heavy atom. The van der Waals surface area contributed by atoms with Gasteiger partial charge in [-0.3, -0.25) is 14.3 Å². The van der Waals surface area contributed by atoms with Crippen LogP contribution >= 0.6 is 22.9 Å². The topological polar surface area (TPSA) is 132 Å². The fraction of sp³-hybridized carbons (Fsp3) is 0.111. The third kappa shape index (κ3) is 4.61. The van der Waals surface area contributed by atoms with E-state index in [-0.39, 0.29) is 16.2 Å². The Hall–Kier alpha value is -2.82. The quantitative estimate of drug-likeness (QED) is 0.370. The highest BCUT2D eigenvalue weighted by Gasteiger charge is 2.17. The second kappa shape index (κ2) is 8.27. The van der Waals surface area contributed by atoms with Crippen molar-refractivity contribution in [2.24, 2.45) is 0 Å². The molecule has 0 aliphatic rings. The predicted molar refractivity (Wildman–Crippen MR) is 114 cm³/mol. The number of rotatable bonds is 4. The average molecular weight is 454 g/mol. The first kappa shape index (κ1) is 20.9. The number of carboxylic acid groups (broad SMARTS) is 1. The van der Waals surface area contributed by atoms with Crippen molar-refractivity contribution in [3.63, 3.8) is 0 Å². The zero-order valence-electron chi connectivity index (χ0n) is 15.0. The Labute approximate surface area is 174 Å². The molecule has 0 saturated heterocycles. The Morgan fingerprint density at radius 3 is 2.55 bits per heavy atom. The minimum Gasteiger partial charge on any atom is -0.481 e. The fourth-order valence-electron chi connectivity index (χ4n) is 2.55. The molecule has 0 fully saturated rings. The monoisotopic (exact) mass is 453 g/mol. The van der Waals surface area contributed by atoms with Crippen molar-refractivity contribution in [2.75, 3.05) is 4.72 Å². The number of hydrogen-bond acceptors (Lipinski definition) is 5. The first-order valence-electron chi connectivity index (χ1n) is 8.34. The van der Waals surface area contributed by atoms with Gasteiger partial charge in [-0.15, -0.1) is 11.3 Å². The summed E-state index contributed by atoms with van der Waals surface area (Å²) in [6, 6.07) is 9.73. The molecular weight excluding hydrogens is 438 g/mol. The lowest BCUT2D eigenvalue weighted by Gasteiger charge is -2.08. The molecule has 0 radical (unpaired) electrons. The molecule has 0 unspecified atom stereocenters. The molecule has 0 saturated carbocycles. The summed E-state index contributed by atoms with van der Waals surface area (Å²) < 4.78 is 27.9. The van der Waals surface area contributed by atoms with Crippen LogP contribution in [0, 0.1) is 0 Å². The maximum atomic E-state index is 12.4. The zero-order chi connectivity index (χ0) is 21.2. The van der Waals surface area contributed by atoms with Gasteiger partial charge in [0.2, 0.25) is 0 Å². The minimum absolute atomic E-state index is 0.140. The van der Waals surface area contributed by atoms with Crippen LogP contribution in [0.2, 0.25) is 4.34 Å². The van der Waals surface area contributed by atoms with Crippen molar-refractivity contribution in [2.45, 2.75) is 17.6 Å².